The smallest absolute Gasteiger partial charge is 0.234 e. The predicted molar refractivity (Wildman–Crippen MR) is 78.0 cm³/mol. The molecule has 4 heteroatoms. The van der Waals surface area contributed by atoms with Gasteiger partial charge in [0, 0.05) is 12.1 Å². The number of likely N-dealkylation sites (N-methyl/N-ethyl adjacent to an activating group) is 1. The molecule has 0 saturated heterocycles. The lowest BCUT2D eigenvalue weighted by Gasteiger charge is -2.33. The molecule has 0 aromatic heterocycles. The summed E-state index contributed by atoms with van der Waals surface area (Å²) in [7, 11) is 1.86. The van der Waals surface area contributed by atoms with Crippen LogP contribution in [0.15, 0.2) is 11.6 Å². The lowest BCUT2D eigenvalue weighted by atomic mass is 9.97. The highest BCUT2D eigenvalue weighted by Crippen LogP contribution is 2.19. The third-order valence-electron chi connectivity index (χ3n) is 3.95. The zero-order chi connectivity index (χ0) is 14.3. The van der Waals surface area contributed by atoms with Gasteiger partial charge in [0.2, 0.25) is 5.91 Å². The van der Waals surface area contributed by atoms with Crippen LogP contribution in [0, 0.1) is 0 Å². The van der Waals surface area contributed by atoms with Crippen molar-refractivity contribution in [2.75, 3.05) is 26.7 Å². The summed E-state index contributed by atoms with van der Waals surface area (Å²) in [6.45, 7) is 4.94. The summed E-state index contributed by atoms with van der Waals surface area (Å²) in [6, 6.07) is 0. The Kier molecular flexibility index (Phi) is 6.52. The molecule has 0 saturated carbocycles. The number of nitrogens with one attached hydrogen (secondary N) is 1. The van der Waals surface area contributed by atoms with Crippen LogP contribution in [0.25, 0.3) is 0 Å². The Morgan fingerprint density at radius 3 is 2.79 bits per heavy atom. The number of carbonyl (C=O) groups is 1. The first-order valence-corrected chi connectivity index (χ1v) is 7.22. The van der Waals surface area contributed by atoms with Crippen LogP contribution in [0.3, 0.4) is 0 Å². The second-order valence-corrected chi connectivity index (χ2v) is 6.03. The minimum absolute atomic E-state index is 0.0282. The number of aliphatic hydroxyl groups is 1. The van der Waals surface area contributed by atoms with Gasteiger partial charge in [-0.2, -0.15) is 0 Å². The van der Waals surface area contributed by atoms with Crippen molar-refractivity contribution in [3.05, 3.63) is 11.6 Å². The van der Waals surface area contributed by atoms with Gasteiger partial charge >= 0.3 is 0 Å². The largest absolute Gasteiger partial charge is 0.394 e. The van der Waals surface area contributed by atoms with E-state index in [0.29, 0.717) is 6.54 Å². The fourth-order valence-electron chi connectivity index (χ4n) is 2.10. The van der Waals surface area contributed by atoms with E-state index in [-0.39, 0.29) is 18.1 Å². The summed E-state index contributed by atoms with van der Waals surface area (Å²) in [6.07, 6.45) is 8.25. The molecule has 19 heavy (non-hydrogen) atoms. The zero-order valence-corrected chi connectivity index (χ0v) is 12.5. The van der Waals surface area contributed by atoms with E-state index >= 15 is 0 Å². The Morgan fingerprint density at radius 2 is 2.21 bits per heavy atom. The molecule has 0 aromatic rings. The van der Waals surface area contributed by atoms with E-state index in [1.165, 1.54) is 31.3 Å². The van der Waals surface area contributed by atoms with E-state index < -0.39 is 0 Å². The number of aliphatic hydroxyl groups excluding tert-OH is 1. The van der Waals surface area contributed by atoms with Gasteiger partial charge in [-0.25, -0.2) is 0 Å². The minimum Gasteiger partial charge on any atom is -0.394 e. The van der Waals surface area contributed by atoms with Gasteiger partial charge in [0.05, 0.1) is 13.2 Å². The van der Waals surface area contributed by atoms with Gasteiger partial charge in [0.1, 0.15) is 0 Å². The van der Waals surface area contributed by atoms with E-state index in [1.807, 2.05) is 25.8 Å². The zero-order valence-electron chi connectivity index (χ0n) is 12.5. The molecule has 0 aliphatic heterocycles. The highest BCUT2D eigenvalue weighted by atomic mass is 16.3. The third-order valence-corrected chi connectivity index (χ3v) is 3.95. The van der Waals surface area contributed by atoms with Crippen LogP contribution in [0.4, 0.5) is 0 Å². The normalized spacial score (nSPS) is 16.4. The third kappa shape index (κ3) is 5.74. The van der Waals surface area contributed by atoms with Gasteiger partial charge in [-0.05, 0) is 53.0 Å². The van der Waals surface area contributed by atoms with Crippen molar-refractivity contribution in [2.45, 2.75) is 51.5 Å². The van der Waals surface area contributed by atoms with E-state index in [1.54, 1.807) is 0 Å². The molecular formula is C15H28N2O2. The van der Waals surface area contributed by atoms with Crippen LogP contribution in [0.2, 0.25) is 0 Å². The van der Waals surface area contributed by atoms with Gasteiger partial charge < -0.3 is 10.4 Å². The van der Waals surface area contributed by atoms with Crippen LogP contribution in [0.5, 0.6) is 0 Å². The molecule has 0 atom stereocenters. The molecule has 0 radical (unpaired) electrons. The Bertz CT molecular complexity index is 324. The average Bonchev–Trinajstić information content (AvgIpc) is 2.39. The maximum absolute atomic E-state index is 11.8. The molecule has 1 amide bonds. The number of allylic oxidation sites excluding steroid dienone is 1. The molecule has 0 bridgehead atoms. The number of hydrogen-bond acceptors (Lipinski definition) is 3. The van der Waals surface area contributed by atoms with Crippen LogP contribution in [0.1, 0.15) is 46.0 Å². The molecule has 0 spiro atoms. The van der Waals surface area contributed by atoms with Crippen molar-refractivity contribution in [1.82, 2.24) is 10.2 Å². The molecule has 0 heterocycles. The van der Waals surface area contributed by atoms with Crippen LogP contribution in [-0.4, -0.2) is 48.2 Å². The van der Waals surface area contributed by atoms with E-state index in [9.17, 15) is 9.90 Å². The lowest BCUT2D eigenvalue weighted by Crippen LogP contribution is -2.48. The van der Waals surface area contributed by atoms with Crippen LogP contribution in [-0.2, 0) is 4.79 Å². The quantitative estimate of drug-likeness (QED) is 0.691. The first kappa shape index (κ1) is 16.2. The number of hydrogen-bond donors (Lipinski definition) is 2. The molecule has 1 aliphatic rings. The summed E-state index contributed by atoms with van der Waals surface area (Å²) in [5.41, 5.74) is 1.12. The number of carbonyl (C=O) groups excluding carboxylic acids is 1. The van der Waals surface area contributed by atoms with Crippen molar-refractivity contribution >= 4 is 5.91 Å². The predicted octanol–water partition coefficient (Wildman–Crippen LogP) is 1.70. The van der Waals surface area contributed by atoms with Crippen molar-refractivity contribution in [1.29, 1.82) is 0 Å². The van der Waals surface area contributed by atoms with Gasteiger partial charge in [-0.15, -0.1) is 0 Å². The first-order valence-electron chi connectivity index (χ1n) is 7.22. The van der Waals surface area contributed by atoms with Gasteiger partial charge in [0.25, 0.3) is 0 Å². The molecule has 0 unspecified atom stereocenters. The lowest BCUT2D eigenvalue weighted by molar-refractivity contribution is -0.123. The minimum atomic E-state index is -0.358. The molecule has 1 aliphatic carbocycles. The summed E-state index contributed by atoms with van der Waals surface area (Å²) in [5, 5.41) is 12.2. The Morgan fingerprint density at radius 1 is 1.47 bits per heavy atom. The summed E-state index contributed by atoms with van der Waals surface area (Å²) < 4.78 is 0. The van der Waals surface area contributed by atoms with Crippen molar-refractivity contribution in [2.24, 2.45) is 0 Å². The van der Waals surface area contributed by atoms with Crippen molar-refractivity contribution < 1.29 is 9.90 Å². The van der Waals surface area contributed by atoms with E-state index in [0.717, 1.165) is 13.0 Å². The SMILES string of the molecule is CN(CC(=O)NCCC1=CCCCC1)C(C)(C)CO. The maximum atomic E-state index is 11.8. The molecule has 0 fully saturated rings. The molecular weight excluding hydrogens is 240 g/mol. The molecule has 2 N–H and O–H groups in total. The fourth-order valence-corrected chi connectivity index (χ4v) is 2.10. The van der Waals surface area contributed by atoms with Crippen molar-refractivity contribution in [3.8, 4) is 0 Å². The number of amides is 1. The number of nitrogens with zero attached hydrogens (tertiary/aromatic N) is 1. The Labute approximate surface area is 116 Å². The van der Waals surface area contributed by atoms with Gasteiger partial charge in [-0.3, -0.25) is 9.69 Å². The molecule has 4 nitrogen and oxygen atoms in total. The second kappa shape index (κ2) is 7.65. The topological polar surface area (TPSA) is 52.6 Å². The van der Waals surface area contributed by atoms with E-state index in [2.05, 4.69) is 11.4 Å². The summed E-state index contributed by atoms with van der Waals surface area (Å²) in [5.74, 6) is 0.0282. The maximum Gasteiger partial charge on any atom is 0.234 e. The Hall–Kier alpha value is -0.870. The standard InChI is InChI=1S/C15H28N2O2/c1-15(2,12-18)17(3)11-14(19)16-10-9-13-7-5-4-6-8-13/h7,18H,4-6,8-12H2,1-3H3,(H,16,19). The first-order chi connectivity index (χ1) is 8.95. The average molecular weight is 268 g/mol. The van der Waals surface area contributed by atoms with Crippen LogP contribution >= 0.6 is 0 Å². The monoisotopic (exact) mass is 268 g/mol. The Balaban J connectivity index is 2.22. The molecule has 0 aromatic carbocycles. The highest BCUT2D eigenvalue weighted by Gasteiger charge is 2.23. The highest BCUT2D eigenvalue weighted by molar-refractivity contribution is 5.78. The fraction of sp³-hybridized carbons (Fsp3) is 0.800. The van der Waals surface area contributed by atoms with Crippen molar-refractivity contribution in [3.63, 3.8) is 0 Å². The van der Waals surface area contributed by atoms with Gasteiger partial charge in [-0.1, -0.05) is 11.6 Å². The molecule has 110 valence electrons. The second-order valence-electron chi connectivity index (χ2n) is 6.03. The molecule has 1 rings (SSSR count). The summed E-state index contributed by atoms with van der Waals surface area (Å²) in [4.78, 5) is 13.7. The summed E-state index contributed by atoms with van der Waals surface area (Å²) >= 11 is 0. The van der Waals surface area contributed by atoms with Crippen LogP contribution < -0.4 is 5.32 Å². The van der Waals surface area contributed by atoms with Gasteiger partial charge in [0.15, 0.2) is 0 Å². The van der Waals surface area contributed by atoms with E-state index in [4.69, 9.17) is 0 Å². The number of rotatable bonds is 7.